The summed E-state index contributed by atoms with van der Waals surface area (Å²) in [7, 11) is -4.61. The van der Waals surface area contributed by atoms with E-state index in [1.54, 1.807) is 0 Å². The van der Waals surface area contributed by atoms with Gasteiger partial charge in [-0.1, -0.05) is 0 Å². The van der Waals surface area contributed by atoms with Crippen LogP contribution >= 0.6 is 0 Å². The van der Waals surface area contributed by atoms with E-state index in [9.17, 15) is 3.52 Å². The van der Waals surface area contributed by atoms with Gasteiger partial charge < -0.3 is 25.6 Å². The van der Waals surface area contributed by atoms with Gasteiger partial charge in [-0.3, -0.25) is 0 Å². The van der Waals surface area contributed by atoms with Crippen molar-refractivity contribution in [2.75, 3.05) is 0 Å². The number of halogens is 1. The molecule has 0 unspecified atom stereocenters. The average Bonchev–Trinajstić information content (AvgIpc) is 1.36. The second-order valence-corrected chi connectivity index (χ2v) is 1.80. The summed E-state index contributed by atoms with van der Waals surface area (Å²) in [4.78, 5) is 29.3. The Balaban J connectivity index is -0.0000000154. The van der Waals surface area contributed by atoms with Crippen molar-refractivity contribution in [3.8, 4) is 0 Å². The Bertz CT molecular complexity index is 38.7. The van der Waals surface area contributed by atoms with Crippen LogP contribution in [0.3, 0.4) is 0 Å². The SMILES string of the molecule is O[Si](O)(O)O.[Ca+2].[F][Al].[H-].[H-]. The third-order valence-corrected chi connectivity index (χ3v) is 0. The van der Waals surface area contributed by atoms with Gasteiger partial charge in [0.15, 0.2) is 0 Å². The van der Waals surface area contributed by atoms with E-state index in [0.717, 1.165) is 16.7 Å². The molecule has 0 aromatic carbocycles. The third-order valence-electron chi connectivity index (χ3n) is 0. The summed E-state index contributed by atoms with van der Waals surface area (Å²) in [5.74, 6) is 0. The van der Waals surface area contributed by atoms with Gasteiger partial charge in [-0.2, -0.15) is 0 Å². The molecule has 0 atom stereocenters. The van der Waals surface area contributed by atoms with Crippen LogP contribution in [0, 0.1) is 0 Å². The zero-order valence-electron chi connectivity index (χ0n) is 5.95. The van der Waals surface area contributed by atoms with Gasteiger partial charge >= 0.3 is 63.5 Å². The van der Waals surface area contributed by atoms with Crippen LogP contribution in [0.1, 0.15) is 2.85 Å². The minimum absolute atomic E-state index is 0. The molecule has 0 aromatic rings. The molecule has 0 saturated heterocycles. The zero-order valence-corrected chi connectivity index (χ0v) is 8.31. The van der Waals surface area contributed by atoms with Crippen molar-refractivity contribution in [3.63, 3.8) is 0 Å². The van der Waals surface area contributed by atoms with Gasteiger partial charge in [-0.15, -0.1) is 0 Å². The van der Waals surface area contributed by atoms with Crippen LogP contribution in [-0.2, 0) is 0 Å². The molecule has 0 aromatic heterocycles. The number of hydrogen-bond donors (Lipinski definition) is 4. The van der Waals surface area contributed by atoms with E-state index in [2.05, 4.69) is 0 Å². The fraction of sp³-hybridized carbons (Fsp3) is 0. The molecule has 46 valence electrons. The van der Waals surface area contributed by atoms with E-state index in [4.69, 9.17) is 19.2 Å². The Kier molecular flexibility index (Phi) is 18.0. The fourth-order valence-electron chi connectivity index (χ4n) is 0. The summed E-state index contributed by atoms with van der Waals surface area (Å²) in [6, 6.07) is 0. The molecule has 8 heavy (non-hydrogen) atoms. The second-order valence-electron chi connectivity index (χ2n) is 0.600. The van der Waals surface area contributed by atoms with E-state index >= 15 is 0 Å². The van der Waals surface area contributed by atoms with Gasteiger partial charge in [-0.25, -0.2) is 0 Å². The molecule has 2 radical (unpaired) electrons. The van der Waals surface area contributed by atoms with Gasteiger partial charge in [0.1, 0.15) is 0 Å². The molecule has 8 heteroatoms. The van der Waals surface area contributed by atoms with Crippen molar-refractivity contribution < 1.29 is 25.6 Å². The third kappa shape index (κ3) is 113. The molecule has 0 fully saturated rings. The normalized spacial score (nSPS) is 8.12. The van der Waals surface area contributed by atoms with Crippen LogP contribution in [0.15, 0.2) is 0 Å². The van der Waals surface area contributed by atoms with E-state index < -0.39 is 9.05 Å². The van der Waals surface area contributed by atoms with Crippen LogP contribution in [0.5, 0.6) is 0 Å². The predicted octanol–water partition coefficient (Wildman–Crippen LogP) is -2.73. The number of hydrogen-bond acceptors (Lipinski definition) is 4. The molecule has 0 amide bonds. The average molecular weight is 184 g/mol. The smallest absolute Gasteiger partial charge is 1.00 e. The van der Waals surface area contributed by atoms with Gasteiger partial charge in [-0.05, 0) is 0 Å². The topological polar surface area (TPSA) is 80.9 Å². The van der Waals surface area contributed by atoms with E-state index in [1.165, 1.54) is 0 Å². The number of rotatable bonds is 0. The van der Waals surface area contributed by atoms with Crippen LogP contribution < -0.4 is 0 Å². The van der Waals surface area contributed by atoms with Crippen LogP contribution in [0.25, 0.3) is 0 Å². The van der Waals surface area contributed by atoms with Gasteiger partial charge in [0, 0.05) is 0 Å². The predicted molar refractivity (Wildman–Crippen MR) is 29.5 cm³/mol. The Morgan fingerprint density at radius 3 is 1.12 bits per heavy atom. The van der Waals surface area contributed by atoms with Gasteiger partial charge in [0.05, 0.1) is 0 Å². The Hall–Kier alpha value is 1.78. The summed E-state index contributed by atoms with van der Waals surface area (Å²) in [5.41, 5.74) is 0. The standard InChI is InChI=1S/Al.Ca.FH.H4O4Si.2H/c;;;1-5(2,3)4;;/h;;1H;1-4H;;/q+1;+2;;;2*-1/p-1. The minimum atomic E-state index is -4.61. The zero-order chi connectivity index (χ0) is 6.50. The van der Waals surface area contributed by atoms with Crippen molar-refractivity contribution in [1.29, 1.82) is 0 Å². The largest absolute Gasteiger partial charge is 2.00 e. The Morgan fingerprint density at radius 1 is 1.12 bits per heavy atom. The molecule has 0 spiro atoms. The molecule has 0 aliphatic rings. The van der Waals surface area contributed by atoms with Crippen molar-refractivity contribution in [2.45, 2.75) is 0 Å². The van der Waals surface area contributed by atoms with Crippen LogP contribution in [0.4, 0.5) is 3.52 Å². The molecule has 0 saturated carbocycles. The maximum Gasteiger partial charge on any atom is 2.00 e. The van der Waals surface area contributed by atoms with E-state index in [1.807, 2.05) is 0 Å². The van der Waals surface area contributed by atoms with Gasteiger partial charge in [0.25, 0.3) is 0 Å². The minimum Gasteiger partial charge on any atom is -1.00 e. The summed E-state index contributed by atoms with van der Waals surface area (Å²) >= 11 is 0.917. The fourth-order valence-corrected chi connectivity index (χ4v) is 0. The summed E-state index contributed by atoms with van der Waals surface area (Å²) < 4.78 is 9.42. The first kappa shape index (κ1) is 16.4. The molecule has 0 aliphatic heterocycles. The van der Waals surface area contributed by atoms with Crippen molar-refractivity contribution >= 4 is 63.5 Å². The maximum absolute atomic E-state index is 9.42. The Labute approximate surface area is 88.3 Å². The summed E-state index contributed by atoms with van der Waals surface area (Å²) in [6.45, 7) is 0. The first-order valence-corrected chi connectivity index (χ1v) is 3.34. The van der Waals surface area contributed by atoms with Crippen molar-refractivity contribution in [2.24, 2.45) is 0 Å². The second kappa shape index (κ2) is 8.78. The first-order valence-electron chi connectivity index (χ1n) is 1.11. The molecule has 0 aliphatic carbocycles. The maximum atomic E-state index is 9.42. The van der Waals surface area contributed by atoms with Gasteiger partial charge in [0.2, 0.25) is 0 Å². The molecule has 4 nitrogen and oxygen atoms in total. The molecule has 0 rings (SSSR count). The quantitative estimate of drug-likeness (QED) is 0.308. The summed E-state index contributed by atoms with van der Waals surface area (Å²) in [5, 5.41) is 0. The molecular weight excluding hydrogens is 178 g/mol. The summed E-state index contributed by atoms with van der Waals surface area (Å²) in [6.07, 6.45) is 0. The monoisotopic (exact) mass is 184 g/mol. The van der Waals surface area contributed by atoms with Crippen LogP contribution in [-0.4, -0.2) is 82.7 Å². The van der Waals surface area contributed by atoms with Crippen LogP contribution in [0.2, 0.25) is 0 Å². The molecule has 0 heterocycles. The van der Waals surface area contributed by atoms with E-state index in [0.29, 0.717) is 0 Å². The van der Waals surface area contributed by atoms with Crippen molar-refractivity contribution in [3.05, 3.63) is 0 Å². The molecule has 0 bridgehead atoms. The Morgan fingerprint density at radius 2 is 1.12 bits per heavy atom. The molecule has 4 N–H and O–H groups in total. The molecular formula is H6AlCaFO4Si. The van der Waals surface area contributed by atoms with E-state index in [-0.39, 0.29) is 40.6 Å². The van der Waals surface area contributed by atoms with Crippen molar-refractivity contribution in [1.82, 2.24) is 0 Å². The first-order chi connectivity index (χ1) is 3.00.